The van der Waals surface area contributed by atoms with Crippen molar-refractivity contribution in [2.24, 2.45) is 11.1 Å². The maximum atomic E-state index is 12.3. The monoisotopic (exact) mass is 249 g/mol. The maximum absolute atomic E-state index is 12.3. The standard InChI is InChI=1S/C14H23N3O/c1-5-14(2,10-15)13(18)16-11-8-6-7-9-12(11)17(3)4/h6-9H,5,10,15H2,1-4H3,(H,16,18). The van der Waals surface area contributed by atoms with Crippen LogP contribution < -0.4 is 16.0 Å². The number of nitrogens with zero attached hydrogens (tertiary/aromatic N) is 1. The van der Waals surface area contributed by atoms with Gasteiger partial charge >= 0.3 is 0 Å². The largest absolute Gasteiger partial charge is 0.376 e. The number of hydrogen-bond donors (Lipinski definition) is 2. The lowest BCUT2D eigenvalue weighted by Gasteiger charge is -2.26. The molecule has 0 saturated heterocycles. The topological polar surface area (TPSA) is 58.4 Å². The first-order chi connectivity index (χ1) is 8.44. The smallest absolute Gasteiger partial charge is 0.231 e. The normalized spacial score (nSPS) is 13.8. The number of nitrogens with one attached hydrogen (secondary N) is 1. The van der Waals surface area contributed by atoms with Gasteiger partial charge in [0, 0.05) is 20.6 Å². The SMILES string of the molecule is CCC(C)(CN)C(=O)Nc1ccccc1N(C)C. The minimum atomic E-state index is -0.514. The van der Waals surface area contributed by atoms with Crippen molar-refractivity contribution in [1.29, 1.82) is 0 Å². The summed E-state index contributed by atoms with van der Waals surface area (Å²) in [5.41, 5.74) is 6.99. The number of carbonyl (C=O) groups is 1. The molecule has 1 aromatic carbocycles. The number of benzene rings is 1. The number of nitrogens with two attached hydrogens (primary N) is 1. The molecule has 1 aromatic rings. The summed E-state index contributed by atoms with van der Waals surface area (Å²) in [6.07, 6.45) is 0.722. The van der Waals surface area contributed by atoms with Crippen LogP contribution in [0.2, 0.25) is 0 Å². The van der Waals surface area contributed by atoms with E-state index in [4.69, 9.17) is 5.73 Å². The molecule has 0 aliphatic carbocycles. The number of hydrogen-bond acceptors (Lipinski definition) is 3. The number of rotatable bonds is 5. The predicted molar refractivity (Wildman–Crippen MR) is 76.9 cm³/mol. The fourth-order valence-corrected chi connectivity index (χ4v) is 1.64. The summed E-state index contributed by atoms with van der Waals surface area (Å²) in [7, 11) is 3.90. The van der Waals surface area contributed by atoms with Gasteiger partial charge in [0.1, 0.15) is 0 Å². The van der Waals surface area contributed by atoms with Gasteiger partial charge in [-0.25, -0.2) is 0 Å². The number of anilines is 2. The van der Waals surface area contributed by atoms with Crippen LogP contribution in [0.25, 0.3) is 0 Å². The molecular formula is C14H23N3O. The molecule has 1 atom stereocenters. The minimum Gasteiger partial charge on any atom is -0.376 e. The molecule has 0 saturated carbocycles. The van der Waals surface area contributed by atoms with Gasteiger partial charge in [-0.05, 0) is 25.5 Å². The molecule has 0 aliphatic heterocycles. The first-order valence-electron chi connectivity index (χ1n) is 6.22. The Morgan fingerprint density at radius 3 is 2.50 bits per heavy atom. The molecule has 0 radical (unpaired) electrons. The van der Waals surface area contributed by atoms with Crippen molar-refractivity contribution < 1.29 is 4.79 Å². The van der Waals surface area contributed by atoms with Crippen LogP contribution >= 0.6 is 0 Å². The number of amides is 1. The third kappa shape index (κ3) is 3.01. The Hall–Kier alpha value is -1.55. The molecular weight excluding hydrogens is 226 g/mol. The van der Waals surface area contributed by atoms with E-state index in [0.29, 0.717) is 6.54 Å². The van der Waals surface area contributed by atoms with E-state index in [1.807, 2.05) is 57.1 Å². The molecule has 100 valence electrons. The molecule has 0 heterocycles. The summed E-state index contributed by atoms with van der Waals surface area (Å²) in [5, 5.41) is 2.97. The Balaban J connectivity index is 2.95. The highest BCUT2D eigenvalue weighted by molar-refractivity contribution is 5.98. The lowest BCUT2D eigenvalue weighted by atomic mass is 9.86. The molecule has 0 spiro atoms. The van der Waals surface area contributed by atoms with Gasteiger partial charge in [0.2, 0.25) is 5.91 Å². The molecule has 1 rings (SSSR count). The third-order valence-corrected chi connectivity index (χ3v) is 3.41. The average molecular weight is 249 g/mol. The predicted octanol–water partition coefficient (Wildman–Crippen LogP) is 2.07. The third-order valence-electron chi connectivity index (χ3n) is 3.41. The highest BCUT2D eigenvalue weighted by Crippen LogP contribution is 2.27. The summed E-state index contributed by atoms with van der Waals surface area (Å²) in [4.78, 5) is 14.2. The lowest BCUT2D eigenvalue weighted by Crippen LogP contribution is -2.39. The summed E-state index contributed by atoms with van der Waals surface area (Å²) in [6.45, 7) is 4.21. The minimum absolute atomic E-state index is 0.0261. The van der Waals surface area contributed by atoms with Crippen molar-refractivity contribution in [3.05, 3.63) is 24.3 Å². The van der Waals surface area contributed by atoms with Crippen LogP contribution in [0.15, 0.2) is 24.3 Å². The van der Waals surface area contributed by atoms with E-state index in [1.54, 1.807) is 0 Å². The molecule has 18 heavy (non-hydrogen) atoms. The Labute approximate surface area is 109 Å². The quantitative estimate of drug-likeness (QED) is 0.840. The van der Waals surface area contributed by atoms with E-state index in [9.17, 15) is 4.79 Å². The van der Waals surface area contributed by atoms with Crippen molar-refractivity contribution in [2.45, 2.75) is 20.3 Å². The summed E-state index contributed by atoms with van der Waals surface area (Å²) < 4.78 is 0. The first kappa shape index (κ1) is 14.5. The van der Waals surface area contributed by atoms with Crippen molar-refractivity contribution in [3.63, 3.8) is 0 Å². The van der Waals surface area contributed by atoms with Crippen LogP contribution in [0.5, 0.6) is 0 Å². The van der Waals surface area contributed by atoms with E-state index in [-0.39, 0.29) is 5.91 Å². The van der Waals surface area contributed by atoms with Crippen LogP contribution in [-0.4, -0.2) is 26.5 Å². The molecule has 0 aromatic heterocycles. The molecule has 0 bridgehead atoms. The average Bonchev–Trinajstić information content (AvgIpc) is 2.38. The highest BCUT2D eigenvalue weighted by atomic mass is 16.2. The fraction of sp³-hybridized carbons (Fsp3) is 0.500. The van der Waals surface area contributed by atoms with Crippen LogP contribution in [-0.2, 0) is 4.79 Å². The zero-order valence-electron chi connectivity index (χ0n) is 11.7. The fourth-order valence-electron chi connectivity index (χ4n) is 1.64. The molecule has 1 unspecified atom stereocenters. The highest BCUT2D eigenvalue weighted by Gasteiger charge is 2.30. The van der Waals surface area contributed by atoms with Gasteiger partial charge in [0.15, 0.2) is 0 Å². The Bertz CT molecular complexity index is 411. The van der Waals surface area contributed by atoms with E-state index in [0.717, 1.165) is 17.8 Å². The number of carbonyl (C=O) groups excluding carboxylic acids is 1. The Morgan fingerprint density at radius 2 is 2.00 bits per heavy atom. The second kappa shape index (κ2) is 5.87. The van der Waals surface area contributed by atoms with Gasteiger partial charge in [-0.3, -0.25) is 4.79 Å². The van der Waals surface area contributed by atoms with Gasteiger partial charge in [-0.1, -0.05) is 19.1 Å². The number of para-hydroxylation sites is 2. The second-order valence-electron chi connectivity index (χ2n) is 4.98. The zero-order valence-corrected chi connectivity index (χ0v) is 11.7. The van der Waals surface area contributed by atoms with Crippen LogP contribution in [0.1, 0.15) is 20.3 Å². The van der Waals surface area contributed by atoms with Gasteiger partial charge in [0.25, 0.3) is 0 Å². The Kier molecular flexibility index (Phi) is 4.73. The van der Waals surface area contributed by atoms with Crippen LogP contribution in [0.3, 0.4) is 0 Å². The van der Waals surface area contributed by atoms with E-state index in [1.165, 1.54) is 0 Å². The lowest BCUT2D eigenvalue weighted by molar-refractivity contribution is -0.124. The molecule has 3 N–H and O–H groups in total. The first-order valence-corrected chi connectivity index (χ1v) is 6.22. The Morgan fingerprint density at radius 1 is 1.39 bits per heavy atom. The van der Waals surface area contributed by atoms with Crippen molar-refractivity contribution in [2.75, 3.05) is 30.9 Å². The molecule has 0 aliphatic rings. The summed E-state index contributed by atoms with van der Waals surface area (Å²) in [5.74, 6) is -0.0261. The molecule has 1 amide bonds. The molecule has 4 nitrogen and oxygen atoms in total. The van der Waals surface area contributed by atoms with Gasteiger partial charge in [0.05, 0.1) is 16.8 Å². The van der Waals surface area contributed by atoms with Gasteiger partial charge in [-0.2, -0.15) is 0 Å². The van der Waals surface area contributed by atoms with Gasteiger partial charge < -0.3 is 16.0 Å². The summed E-state index contributed by atoms with van der Waals surface area (Å²) in [6, 6.07) is 7.74. The van der Waals surface area contributed by atoms with E-state index < -0.39 is 5.41 Å². The van der Waals surface area contributed by atoms with E-state index >= 15 is 0 Å². The van der Waals surface area contributed by atoms with Crippen LogP contribution in [0.4, 0.5) is 11.4 Å². The molecule has 4 heteroatoms. The maximum Gasteiger partial charge on any atom is 0.231 e. The zero-order chi connectivity index (χ0) is 13.8. The summed E-state index contributed by atoms with van der Waals surface area (Å²) >= 11 is 0. The van der Waals surface area contributed by atoms with E-state index in [2.05, 4.69) is 5.32 Å². The van der Waals surface area contributed by atoms with Crippen molar-refractivity contribution in [3.8, 4) is 0 Å². The van der Waals surface area contributed by atoms with Gasteiger partial charge in [-0.15, -0.1) is 0 Å². The second-order valence-corrected chi connectivity index (χ2v) is 4.98. The van der Waals surface area contributed by atoms with Crippen LogP contribution in [0, 0.1) is 5.41 Å². The molecule has 0 fully saturated rings. The van der Waals surface area contributed by atoms with Crippen molar-refractivity contribution in [1.82, 2.24) is 0 Å². The van der Waals surface area contributed by atoms with Crippen molar-refractivity contribution >= 4 is 17.3 Å².